The lowest BCUT2D eigenvalue weighted by Gasteiger charge is -2.30. The van der Waals surface area contributed by atoms with Crippen LogP contribution in [0.4, 0.5) is 32.6 Å². The summed E-state index contributed by atoms with van der Waals surface area (Å²) in [6, 6.07) is 7.80. The third-order valence-electron chi connectivity index (χ3n) is 12.8. The van der Waals surface area contributed by atoms with E-state index in [1.807, 2.05) is 0 Å². The van der Waals surface area contributed by atoms with Gasteiger partial charge < -0.3 is 71.9 Å². The van der Waals surface area contributed by atoms with Gasteiger partial charge in [0.2, 0.25) is 23.6 Å². The Kier molecular flexibility index (Phi) is 22.8. The molecule has 0 spiro atoms. The van der Waals surface area contributed by atoms with Crippen molar-refractivity contribution in [2.75, 3.05) is 63.1 Å². The van der Waals surface area contributed by atoms with Crippen LogP contribution in [0.15, 0.2) is 72.0 Å². The fraction of sp³-hybridized carbons (Fsp3) is 0.481. The lowest BCUT2D eigenvalue weighted by Crippen LogP contribution is -2.56. The van der Waals surface area contributed by atoms with Gasteiger partial charge in [-0.05, 0) is 73.7 Å². The van der Waals surface area contributed by atoms with Crippen molar-refractivity contribution in [2.45, 2.75) is 108 Å². The summed E-state index contributed by atoms with van der Waals surface area (Å²) in [7, 11) is 6.63. The van der Waals surface area contributed by atoms with E-state index in [-0.39, 0.29) is 68.9 Å². The Hall–Kier alpha value is -8.23. The lowest BCUT2D eigenvalue weighted by molar-refractivity contribution is -0.137. The van der Waals surface area contributed by atoms with Crippen LogP contribution in [0.2, 0.25) is 0 Å². The molecule has 0 radical (unpaired) electrons. The number of benzene rings is 2. The molecule has 1 fully saturated rings. The van der Waals surface area contributed by atoms with Gasteiger partial charge >= 0.3 is 12.1 Å². The van der Waals surface area contributed by atoms with Crippen molar-refractivity contribution >= 4 is 77.3 Å². The van der Waals surface area contributed by atoms with Gasteiger partial charge in [0.25, 0.3) is 11.8 Å². The van der Waals surface area contributed by atoms with E-state index < -0.39 is 85.0 Å². The number of urea groups is 1. The molecule has 422 valence electrons. The largest absolute Gasteiger partial charge is 0.497 e. The number of nitrogens with two attached hydrogens (primary N) is 1. The molecule has 0 unspecified atom stereocenters. The predicted molar refractivity (Wildman–Crippen MR) is 286 cm³/mol. The highest BCUT2D eigenvalue weighted by molar-refractivity contribution is 6.12. The number of ether oxygens (including phenoxy) is 3. The van der Waals surface area contributed by atoms with Gasteiger partial charge in [0.1, 0.15) is 54.7 Å². The SMILES string of the molecule is C=Nc1c(N(C)C)ncnc1N(C)[C@@H]1O[C@H](CO)[C@@H](NC(=O)[C@H](Cc2ccc(OC)cc2)NC(=O)OCc2ccc(NC(=O)[C@H](CCCNC(N)=O)NC(=O)[C@@H](NC(=O)CCCCCN3C(=O)C=CC3=O)C(C)C)cc2)[C@H]1O. The van der Waals surface area contributed by atoms with Crippen molar-refractivity contribution in [3.63, 3.8) is 0 Å². The van der Waals surface area contributed by atoms with Crippen LogP contribution in [-0.4, -0.2) is 170 Å². The molecule has 78 heavy (non-hydrogen) atoms. The van der Waals surface area contributed by atoms with Crippen molar-refractivity contribution in [1.29, 1.82) is 0 Å². The number of rotatable bonds is 29. The molecule has 3 heterocycles. The maximum absolute atomic E-state index is 14.1. The van der Waals surface area contributed by atoms with Crippen molar-refractivity contribution in [3.05, 3.63) is 78.1 Å². The van der Waals surface area contributed by atoms with Gasteiger partial charge in [-0.3, -0.25) is 38.7 Å². The third-order valence-corrected chi connectivity index (χ3v) is 12.8. The maximum Gasteiger partial charge on any atom is 0.408 e. The minimum atomic E-state index is -1.41. The smallest absolute Gasteiger partial charge is 0.408 e. The molecule has 0 saturated carbocycles. The third kappa shape index (κ3) is 17.1. The van der Waals surface area contributed by atoms with Crippen LogP contribution >= 0.6 is 0 Å². The fourth-order valence-corrected chi connectivity index (χ4v) is 8.54. The van der Waals surface area contributed by atoms with Crippen molar-refractivity contribution < 1.29 is 62.8 Å². The first-order chi connectivity index (χ1) is 37.2. The molecule has 2 aliphatic heterocycles. The predicted octanol–water partition coefficient (Wildman–Crippen LogP) is 0.918. The summed E-state index contributed by atoms with van der Waals surface area (Å²) in [5.41, 5.74) is 6.98. The van der Waals surface area contributed by atoms with Crippen LogP contribution < -0.4 is 52.2 Å². The van der Waals surface area contributed by atoms with Crippen molar-refractivity contribution in [2.24, 2.45) is 16.6 Å². The highest BCUT2D eigenvalue weighted by Crippen LogP contribution is 2.36. The molecule has 2 aromatic carbocycles. The number of nitrogens with zero attached hydrogens (tertiary/aromatic N) is 6. The van der Waals surface area contributed by atoms with Gasteiger partial charge in [0.05, 0.1) is 19.8 Å². The normalized spacial score (nSPS) is 17.8. The quantitative estimate of drug-likeness (QED) is 0.0265. The molecule has 7 atom stereocenters. The van der Waals surface area contributed by atoms with E-state index in [0.29, 0.717) is 53.3 Å². The van der Waals surface area contributed by atoms with E-state index in [1.54, 1.807) is 88.4 Å². The Morgan fingerprint density at radius 1 is 0.859 bits per heavy atom. The summed E-state index contributed by atoms with van der Waals surface area (Å²) >= 11 is 0. The van der Waals surface area contributed by atoms with Gasteiger partial charge in [-0.25, -0.2) is 19.6 Å². The number of carbonyl (C=O) groups is 8. The Morgan fingerprint density at radius 2 is 1.53 bits per heavy atom. The van der Waals surface area contributed by atoms with Crippen molar-refractivity contribution in [3.8, 4) is 5.75 Å². The summed E-state index contributed by atoms with van der Waals surface area (Å²) in [5, 5.41) is 38.0. The van der Waals surface area contributed by atoms with E-state index >= 15 is 0 Å². The number of methoxy groups -OCH3 is 1. The molecule has 0 aliphatic carbocycles. The molecule has 26 heteroatoms. The highest BCUT2D eigenvalue weighted by Gasteiger charge is 2.47. The van der Waals surface area contributed by atoms with Crippen molar-refractivity contribution in [1.82, 2.24) is 41.5 Å². The summed E-state index contributed by atoms with van der Waals surface area (Å²) in [6.45, 7) is 6.63. The number of aromatic nitrogens is 2. The number of unbranched alkanes of at least 4 members (excludes halogenated alkanes) is 2. The molecule has 5 rings (SSSR count). The number of aliphatic hydroxyl groups is 2. The molecule has 9 amide bonds. The average molecular weight is 1090 g/mol. The van der Waals surface area contributed by atoms with E-state index in [0.717, 1.165) is 4.90 Å². The Labute approximate surface area is 451 Å². The zero-order valence-corrected chi connectivity index (χ0v) is 44.6. The second kappa shape index (κ2) is 29.3. The Balaban J connectivity index is 1.19. The number of amides is 9. The van der Waals surface area contributed by atoms with Gasteiger partial charge in [-0.15, -0.1) is 0 Å². The molecule has 3 aromatic rings. The number of imide groups is 1. The topological polar surface area (TPSA) is 351 Å². The molecule has 1 aromatic heterocycles. The molecule has 26 nitrogen and oxygen atoms in total. The standard InChI is InChI=1S/C52H71N13O13/c1-30(2)41(61-38(67)13-9-8-10-25-65-39(68)22-23-40(65)69)49(73)59-35(12-11-24-55-51(53)74)47(71)58-33-18-14-32(15-19-33)28-77-52(75)60-36(26-31-16-20-34(76-7)21-17-31)48(72)62-42-37(27-66)78-50(44(42)70)64(6)46-43(54-3)45(63(4)5)56-29-57-46/h14-23,29-30,35-37,41-42,44,50,66,70H,3,8-13,24-28H2,1-2,4-7H3,(H,58,71)(H,59,73)(H,60,75)(H,61,67)(H,62,72)(H3,53,55,74)/t35-,36-,37+,41-,42+,44+,50+/m0/s1. The Morgan fingerprint density at radius 3 is 2.14 bits per heavy atom. The van der Waals surface area contributed by atoms with Crippen LogP contribution in [0, 0.1) is 5.92 Å². The minimum absolute atomic E-state index is 0.0245. The molecule has 10 N–H and O–H groups in total. The van der Waals surface area contributed by atoms with E-state index in [2.05, 4.69) is 53.6 Å². The number of anilines is 3. The van der Waals surface area contributed by atoms with Gasteiger partial charge in [0, 0.05) is 64.9 Å². The second-order valence-electron chi connectivity index (χ2n) is 19.1. The first-order valence-electron chi connectivity index (χ1n) is 25.3. The first-order valence-corrected chi connectivity index (χ1v) is 25.3. The minimum Gasteiger partial charge on any atom is -0.497 e. The number of hydrogen-bond donors (Lipinski definition) is 9. The average Bonchev–Trinajstić information content (AvgIpc) is 3.95. The van der Waals surface area contributed by atoms with Crippen LogP contribution in [0.5, 0.6) is 5.75 Å². The molecule has 2 aliphatic rings. The molecular formula is C52H71N13O13. The monoisotopic (exact) mass is 1090 g/mol. The van der Waals surface area contributed by atoms with Gasteiger partial charge in [-0.2, -0.15) is 0 Å². The summed E-state index contributed by atoms with van der Waals surface area (Å²) in [4.78, 5) is 120. The number of aliphatic hydroxyl groups excluding tert-OH is 2. The number of carbonyl (C=O) groups excluding carboxylic acids is 8. The summed E-state index contributed by atoms with van der Waals surface area (Å²) < 4.78 is 16.9. The number of nitrogens with one attached hydrogen (secondary N) is 6. The van der Waals surface area contributed by atoms with Crippen LogP contribution in [-0.2, 0) is 51.3 Å². The first kappa shape index (κ1) is 60.6. The van der Waals surface area contributed by atoms with E-state index in [9.17, 15) is 48.6 Å². The zero-order chi connectivity index (χ0) is 57.1. The second-order valence-corrected chi connectivity index (χ2v) is 19.1. The lowest BCUT2D eigenvalue weighted by atomic mass is 10.0. The fourth-order valence-electron chi connectivity index (χ4n) is 8.54. The number of likely N-dealkylation sites (N-methyl/N-ethyl adjacent to an activating group) is 1. The summed E-state index contributed by atoms with van der Waals surface area (Å²) in [6.07, 6.45) is 1.06. The number of alkyl carbamates (subject to hydrolysis) is 1. The maximum atomic E-state index is 14.1. The zero-order valence-electron chi connectivity index (χ0n) is 44.6. The van der Waals surface area contributed by atoms with Crippen LogP contribution in [0.1, 0.15) is 63.5 Å². The highest BCUT2D eigenvalue weighted by atomic mass is 16.6. The van der Waals surface area contributed by atoms with E-state index in [1.165, 1.54) is 30.5 Å². The number of hydrogen-bond acceptors (Lipinski definition) is 18. The van der Waals surface area contributed by atoms with Gasteiger partial charge in [0.15, 0.2) is 17.9 Å². The summed E-state index contributed by atoms with van der Waals surface area (Å²) in [5.74, 6) is -2.15. The van der Waals surface area contributed by atoms with Crippen LogP contribution in [0.3, 0.4) is 0 Å². The van der Waals surface area contributed by atoms with E-state index in [4.69, 9.17) is 19.9 Å². The number of aliphatic imine (C=N–C) groups is 1. The Bertz CT molecular complexity index is 2600. The molecule has 0 bridgehead atoms. The molecular weight excluding hydrogens is 1010 g/mol. The molecule has 1 saturated heterocycles. The van der Waals surface area contributed by atoms with Gasteiger partial charge in [-0.1, -0.05) is 44.5 Å². The van der Waals surface area contributed by atoms with Crippen LogP contribution in [0.25, 0.3) is 0 Å². The number of primary amides is 1.